The van der Waals surface area contributed by atoms with Crippen LogP contribution in [0.1, 0.15) is 17.3 Å². The fraction of sp³-hybridized carbons (Fsp3) is 0.105. The Morgan fingerprint density at radius 3 is 2.58 bits per heavy atom. The predicted molar refractivity (Wildman–Crippen MR) is 91.7 cm³/mol. The van der Waals surface area contributed by atoms with Crippen molar-refractivity contribution in [2.75, 3.05) is 5.32 Å². The number of amides is 1. The molecular formula is C19H16N2O3. The van der Waals surface area contributed by atoms with Crippen LogP contribution in [0.25, 0.3) is 10.8 Å². The second-order valence-corrected chi connectivity index (χ2v) is 5.34. The third-order valence-corrected chi connectivity index (χ3v) is 3.57. The Morgan fingerprint density at radius 1 is 1.04 bits per heavy atom. The molecule has 3 aromatic rings. The molecule has 0 radical (unpaired) electrons. The van der Waals surface area contributed by atoms with Gasteiger partial charge in [0.05, 0.1) is 5.56 Å². The normalized spacial score (nSPS) is 11.7. The van der Waals surface area contributed by atoms with Gasteiger partial charge in [0.2, 0.25) is 0 Å². The molecule has 1 heterocycles. The highest BCUT2D eigenvalue weighted by Gasteiger charge is 2.19. The molecule has 3 rings (SSSR count). The number of carbonyl (C=O) groups excluding carboxylic acids is 2. The molecule has 1 amide bonds. The first-order chi connectivity index (χ1) is 11.6. The summed E-state index contributed by atoms with van der Waals surface area (Å²) in [7, 11) is 0. The lowest BCUT2D eigenvalue weighted by Crippen LogP contribution is -2.30. The first kappa shape index (κ1) is 15.7. The summed E-state index contributed by atoms with van der Waals surface area (Å²) < 4.78 is 5.17. The average molecular weight is 320 g/mol. The summed E-state index contributed by atoms with van der Waals surface area (Å²) in [5, 5.41) is 4.87. The molecule has 24 heavy (non-hydrogen) atoms. The number of fused-ring (bicyclic) bond motifs is 1. The quantitative estimate of drug-likeness (QED) is 0.748. The largest absolute Gasteiger partial charge is 0.449 e. The average Bonchev–Trinajstić information content (AvgIpc) is 2.62. The van der Waals surface area contributed by atoms with Crippen molar-refractivity contribution >= 4 is 28.3 Å². The van der Waals surface area contributed by atoms with Crippen LogP contribution in [-0.4, -0.2) is 23.0 Å². The molecule has 0 bridgehead atoms. The molecular weight excluding hydrogens is 304 g/mol. The van der Waals surface area contributed by atoms with E-state index in [1.54, 1.807) is 18.3 Å². The Labute approximate surface area is 139 Å². The van der Waals surface area contributed by atoms with Gasteiger partial charge in [-0.1, -0.05) is 30.3 Å². The molecule has 5 heteroatoms. The van der Waals surface area contributed by atoms with E-state index in [0.717, 1.165) is 10.8 Å². The summed E-state index contributed by atoms with van der Waals surface area (Å²) in [5.74, 6) is -0.966. The maximum Gasteiger partial charge on any atom is 0.340 e. The molecule has 0 aliphatic rings. The second kappa shape index (κ2) is 6.91. The number of hydrogen-bond donors (Lipinski definition) is 1. The number of carbonyl (C=O) groups is 2. The molecule has 2 aromatic carbocycles. The molecule has 1 aromatic heterocycles. The number of rotatable bonds is 4. The maximum atomic E-state index is 12.2. The van der Waals surface area contributed by atoms with E-state index in [1.807, 2.05) is 42.5 Å². The number of benzene rings is 2. The van der Waals surface area contributed by atoms with Crippen LogP contribution in [0, 0.1) is 0 Å². The number of aromatic nitrogens is 1. The number of anilines is 1. The van der Waals surface area contributed by atoms with Crippen LogP contribution >= 0.6 is 0 Å². The molecule has 0 saturated heterocycles. The lowest BCUT2D eigenvalue weighted by Gasteiger charge is -2.13. The van der Waals surface area contributed by atoms with Crippen LogP contribution < -0.4 is 5.32 Å². The van der Waals surface area contributed by atoms with Crippen molar-refractivity contribution in [3.63, 3.8) is 0 Å². The molecule has 0 fully saturated rings. The fourth-order valence-corrected chi connectivity index (χ4v) is 2.28. The van der Waals surface area contributed by atoms with E-state index in [0.29, 0.717) is 11.3 Å². The molecule has 0 unspecified atom stereocenters. The van der Waals surface area contributed by atoms with Crippen LogP contribution in [0.15, 0.2) is 67.0 Å². The monoisotopic (exact) mass is 320 g/mol. The minimum absolute atomic E-state index is 0.308. The number of hydrogen-bond acceptors (Lipinski definition) is 4. The van der Waals surface area contributed by atoms with Crippen molar-refractivity contribution in [2.24, 2.45) is 0 Å². The van der Waals surface area contributed by atoms with Gasteiger partial charge in [0.15, 0.2) is 6.10 Å². The minimum atomic E-state index is -0.913. The molecule has 1 N–H and O–H groups in total. The summed E-state index contributed by atoms with van der Waals surface area (Å²) in [6.45, 7) is 1.53. The molecule has 0 aliphatic heterocycles. The Kier molecular flexibility index (Phi) is 4.52. The van der Waals surface area contributed by atoms with Crippen LogP contribution in [0.2, 0.25) is 0 Å². The Hall–Kier alpha value is -3.21. The van der Waals surface area contributed by atoms with Crippen molar-refractivity contribution in [2.45, 2.75) is 13.0 Å². The van der Waals surface area contributed by atoms with Crippen LogP contribution in [0.5, 0.6) is 0 Å². The number of nitrogens with one attached hydrogen (secondary N) is 1. The van der Waals surface area contributed by atoms with Crippen LogP contribution in [-0.2, 0) is 9.53 Å². The maximum absolute atomic E-state index is 12.2. The minimum Gasteiger partial charge on any atom is -0.449 e. The molecule has 1 atom stereocenters. The van der Waals surface area contributed by atoms with E-state index < -0.39 is 12.1 Å². The van der Waals surface area contributed by atoms with E-state index in [4.69, 9.17) is 4.74 Å². The van der Waals surface area contributed by atoms with Crippen molar-refractivity contribution in [1.29, 1.82) is 0 Å². The highest BCUT2D eigenvalue weighted by atomic mass is 16.5. The number of pyridine rings is 1. The third-order valence-electron chi connectivity index (χ3n) is 3.57. The summed E-state index contributed by atoms with van der Waals surface area (Å²) in [4.78, 5) is 28.0. The molecule has 0 aliphatic carbocycles. The predicted octanol–water partition coefficient (Wildman–Crippen LogP) is 3.42. The number of ether oxygens (including phenoxy) is 1. The lowest BCUT2D eigenvalue weighted by molar-refractivity contribution is -0.123. The molecule has 0 saturated carbocycles. The summed E-state index contributed by atoms with van der Waals surface area (Å²) in [5.41, 5.74) is 0.964. The topological polar surface area (TPSA) is 68.3 Å². The molecule has 0 spiro atoms. The van der Waals surface area contributed by atoms with Crippen LogP contribution in [0.4, 0.5) is 5.69 Å². The summed E-state index contributed by atoms with van der Waals surface area (Å²) in [6, 6.07) is 16.7. The van der Waals surface area contributed by atoms with E-state index >= 15 is 0 Å². The highest BCUT2D eigenvalue weighted by Crippen LogP contribution is 2.19. The van der Waals surface area contributed by atoms with Crippen molar-refractivity contribution < 1.29 is 14.3 Å². The van der Waals surface area contributed by atoms with Crippen molar-refractivity contribution in [1.82, 2.24) is 4.98 Å². The van der Waals surface area contributed by atoms with E-state index in [-0.39, 0.29) is 5.91 Å². The molecule has 5 nitrogen and oxygen atoms in total. The SMILES string of the molecule is C[C@@H](OC(=O)c1cccnc1)C(=O)Nc1ccc2ccccc2c1. The lowest BCUT2D eigenvalue weighted by atomic mass is 10.1. The van der Waals surface area contributed by atoms with Gasteiger partial charge in [0.1, 0.15) is 0 Å². The van der Waals surface area contributed by atoms with E-state index in [9.17, 15) is 9.59 Å². The first-order valence-electron chi connectivity index (χ1n) is 7.54. The van der Waals surface area contributed by atoms with Gasteiger partial charge in [-0.3, -0.25) is 9.78 Å². The zero-order valence-electron chi connectivity index (χ0n) is 13.1. The van der Waals surface area contributed by atoms with Crippen LogP contribution in [0.3, 0.4) is 0 Å². The van der Waals surface area contributed by atoms with Gasteiger partial charge >= 0.3 is 5.97 Å². The second-order valence-electron chi connectivity index (χ2n) is 5.34. The summed E-state index contributed by atoms with van der Waals surface area (Å²) in [6.07, 6.45) is 2.05. The fourth-order valence-electron chi connectivity index (χ4n) is 2.28. The Balaban J connectivity index is 1.66. The van der Waals surface area contributed by atoms with Crippen molar-refractivity contribution in [3.05, 3.63) is 72.6 Å². The van der Waals surface area contributed by atoms with Gasteiger partial charge in [-0.2, -0.15) is 0 Å². The first-order valence-corrected chi connectivity index (χ1v) is 7.54. The van der Waals surface area contributed by atoms with Gasteiger partial charge in [-0.05, 0) is 42.0 Å². The smallest absolute Gasteiger partial charge is 0.340 e. The van der Waals surface area contributed by atoms with Crippen molar-refractivity contribution in [3.8, 4) is 0 Å². The van der Waals surface area contributed by atoms with E-state index in [1.165, 1.54) is 13.1 Å². The van der Waals surface area contributed by atoms with Gasteiger partial charge in [0, 0.05) is 18.1 Å². The zero-order valence-corrected chi connectivity index (χ0v) is 13.1. The highest BCUT2D eigenvalue weighted by molar-refractivity contribution is 5.98. The standard InChI is InChI=1S/C19H16N2O3/c1-13(24-19(23)16-7-4-10-20-12-16)18(22)21-17-9-8-14-5-2-3-6-15(14)11-17/h2-13H,1H3,(H,21,22)/t13-/m1/s1. The zero-order chi connectivity index (χ0) is 16.9. The number of nitrogens with zero attached hydrogens (tertiary/aromatic N) is 1. The van der Waals surface area contributed by atoms with Gasteiger partial charge in [-0.25, -0.2) is 4.79 Å². The summed E-state index contributed by atoms with van der Waals surface area (Å²) >= 11 is 0. The third kappa shape index (κ3) is 3.57. The van der Waals surface area contributed by atoms with Gasteiger partial charge in [0.25, 0.3) is 5.91 Å². The van der Waals surface area contributed by atoms with E-state index in [2.05, 4.69) is 10.3 Å². The Bertz CT molecular complexity index is 878. The Morgan fingerprint density at radius 2 is 1.83 bits per heavy atom. The van der Waals surface area contributed by atoms with Gasteiger partial charge in [-0.15, -0.1) is 0 Å². The van der Waals surface area contributed by atoms with Gasteiger partial charge < -0.3 is 10.1 Å². The molecule has 120 valence electrons. The number of esters is 1.